The lowest BCUT2D eigenvalue weighted by Gasteiger charge is -2.59. The highest BCUT2D eigenvalue weighted by Gasteiger charge is 2.84. The van der Waals surface area contributed by atoms with Gasteiger partial charge in [0.1, 0.15) is 0 Å². The standard InChI is InChI=1S/C30H51NO4/c1-19-29-16-15-27(4)21(18-28(5,34)23(27)10-8-9-17-35-25(33)31(6)7)20(29)11-12-22-26(2,3)24(32)13-14-30(19,22)29/h19-24,32,34H,8-18H2,1-7H3/t19-,20-,21?,22?,23+,24-,27-,28+,29-,30?/m0/s1. The zero-order chi connectivity index (χ0) is 25.6. The van der Waals surface area contributed by atoms with Crippen molar-refractivity contribution >= 4 is 6.09 Å². The fraction of sp³-hybridized carbons (Fsp3) is 0.967. The van der Waals surface area contributed by atoms with Gasteiger partial charge in [-0.15, -0.1) is 0 Å². The van der Waals surface area contributed by atoms with E-state index in [2.05, 4.69) is 34.6 Å². The SMILES string of the molecule is C[C@@H]1C23CC[C@H](O)C(C)(C)C2CC[C@H]2C4C[C@@](C)(O)[C@H](CCCCOC(=O)N(C)C)[C@@]4(C)CC[C@]123. The molecule has 0 aromatic heterocycles. The molecule has 5 nitrogen and oxygen atoms in total. The molecule has 5 aliphatic carbocycles. The van der Waals surface area contributed by atoms with Crippen molar-refractivity contribution in [3.8, 4) is 0 Å². The summed E-state index contributed by atoms with van der Waals surface area (Å²) in [5.41, 5.74) is 0.444. The van der Waals surface area contributed by atoms with Gasteiger partial charge < -0.3 is 19.8 Å². The number of amides is 1. The van der Waals surface area contributed by atoms with Crippen LogP contribution < -0.4 is 0 Å². The Hall–Kier alpha value is -0.810. The summed E-state index contributed by atoms with van der Waals surface area (Å²) < 4.78 is 5.33. The Kier molecular flexibility index (Phi) is 5.97. The zero-order valence-corrected chi connectivity index (χ0v) is 23.4. The Morgan fingerprint density at radius 3 is 2.37 bits per heavy atom. The van der Waals surface area contributed by atoms with E-state index in [-0.39, 0.29) is 23.0 Å². The summed E-state index contributed by atoms with van der Waals surface area (Å²) in [5, 5.41) is 22.6. The summed E-state index contributed by atoms with van der Waals surface area (Å²) in [5.74, 6) is 3.02. The third-order valence-electron chi connectivity index (χ3n) is 13.0. The quantitative estimate of drug-likeness (QED) is 0.474. The third-order valence-corrected chi connectivity index (χ3v) is 13.0. The molecule has 5 saturated carbocycles. The average Bonchev–Trinajstić information content (AvgIpc) is 3.23. The maximum absolute atomic E-state index is 11.7. The van der Waals surface area contributed by atoms with Gasteiger partial charge in [-0.05, 0) is 122 Å². The minimum absolute atomic E-state index is 0.0153. The van der Waals surface area contributed by atoms with Crippen molar-refractivity contribution < 1.29 is 19.7 Å². The van der Waals surface area contributed by atoms with Gasteiger partial charge >= 0.3 is 6.09 Å². The van der Waals surface area contributed by atoms with Crippen molar-refractivity contribution in [3.63, 3.8) is 0 Å². The maximum atomic E-state index is 11.7. The zero-order valence-electron chi connectivity index (χ0n) is 23.4. The number of aliphatic hydroxyl groups is 2. The minimum atomic E-state index is -0.616. The molecule has 5 heteroatoms. The first-order chi connectivity index (χ1) is 16.3. The monoisotopic (exact) mass is 489 g/mol. The predicted octanol–water partition coefficient (Wildman–Crippen LogP) is 5.87. The molecule has 0 aromatic carbocycles. The van der Waals surface area contributed by atoms with Crippen LogP contribution in [-0.4, -0.2) is 53.6 Å². The molecule has 0 heterocycles. The second kappa shape index (κ2) is 8.09. The number of fused-ring (bicyclic) bond motifs is 2. The first-order valence-corrected chi connectivity index (χ1v) is 14.5. The van der Waals surface area contributed by atoms with Gasteiger partial charge in [0.15, 0.2) is 0 Å². The lowest BCUT2D eigenvalue weighted by Crippen LogP contribution is -2.54. The van der Waals surface area contributed by atoms with Gasteiger partial charge in [0.05, 0.1) is 18.3 Å². The van der Waals surface area contributed by atoms with Crippen LogP contribution in [0.3, 0.4) is 0 Å². The Morgan fingerprint density at radius 1 is 0.971 bits per heavy atom. The highest BCUT2D eigenvalue weighted by atomic mass is 16.6. The molecule has 2 N–H and O–H groups in total. The van der Waals surface area contributed by atoms with E-state index >= 15 is 0 Å². The van der Waals surface area contributed by atoms with Crippen LogP contribution in [0.25, 0.3) is 0 Å². The Bertz CT molecular complexity index is 853. The third kappa shape index (κ3) is 3.28. The fourth-order valence-electron chi connectivity index (χ4n) is 11.5. The van der Waals surface area contributed by atoms with Gasteiger partial charge in [-0.1, -0.05) is 27.7 Å². The largest absolute Gasteiger partial charge is 0.449 e. The summed E-state index contributed by atoms with van der Waals surface area (Å²) in [6.07, 6.45) is 10.6. The second-order valence-electron chi connectivity index (χ2n) is 14.6. The number of aliphatic hydroxyl groups excluding tert-OH is 1. The van der Waals surface area contributed by atoms with E-state index in [1.807, 2.05) is 0 Å². The number of rotatable bonds is 5. The maximum Gasteiger partial charge on any atom is 0.409 e. The smallest absolute Gasteiger partial charge is 0.409 e. The number of nitrogens with zero attached hydrogens (tertiary/aromatic N) is 1. The van der Waals surface area contributed by atoms with Gasteiger partial charge in [0, 0.05) is 14.1 Å². The summed E-state index contributed by atoms with van der Waals surface area (Å²) in [7, 11) is 3.42. The lowest BCUT2D eigenvalue weighted by atomic mass is 9.46. The number of hydrogen-bond acceptors (Lipinski definition) is 4. The molecule has 35 heavy (non-hydrogen) atoms. The molecular weight excluding hydrogens is 438 g/mol. The molecule has 0 aromatic rings. The molecule has 5 rings (SSSR count). The summed E-state index contributed by atoms with van der Waals surface area (Å²) >= 11 is 0. The van der Waals surface area contributed by atoms with E-state index in [1.54, 1.807) is 14.1 Å². The number of ether oxygens (including phenoxy) is 1. The topological polar surface area (TPSA) is 70.0 Å². The number of carbonyl (C=O) groups is 1. The normalized spacial score (nSPS) is 51.5. The molecule has 5 aliphatic rings. The highest BCUT2D eigenvalue weighted by molar-refractivity contribution is 5.66. The number of hydrogen-bond donors (Lipinski definition) is 2. The van der Waals surface area contributed by atoms with Gasteiger partial charge in [-0.2, -0.15) is 0 Å². The van der Waals surface area contributed by atoms with Crippen LogP contribution in [0.1, 0.15) is 98.8 Å². The van der Waals surface area contributed by atoms with Crippen molar-refractivity contribution in [3.05, 3.63) is 0 Å². The molecule has 2 spiro atoms. The van der Waals surface area contributed by atoms with Crippen LogP contribution in [0.15, 0.2) is 0 Å². The van der Waals surface area contributed by atoms with Crippen LogP contribution in [0, 0.1) is 51.2 Å². The van der Waals surface area contributed by atoms with Gasteiger partial charge in [0.25, 0.3) is 0 Å². The van der Waals surface area contributed by atoms with E-state index in [0.29, 0.717) is 35.2 Å². The van der Waals surface area contributed by atoms with Gasteiger partial charge in [-0.3, -0.25) is 0 Å². The summed E-state index contributed by atoms with van der Waals surface area (Å²) in [4.78, 5) is 13.2. The molecule has 0 aliphatic heterocycles. The molecule has 0 saturated heterocycles. The highest BCUT2D eigenvalue weighted by Crippen LogP contribution is 2.89. The van der Waals surface area contributed by atoms with Crippen molar-refractivity contribution in [2.24, 2.45) is 51.2 Å². The first kappa shape index (κ1) is 25.8. The van der Waals surface area contributed by atoms with Crippen LogP contribution in [0.4, 0.5) is 4.79 Å². The lowest BCUT2D eigenvalue weighted by molar-refractivity contribution is -0.132. The Morgan fingerprint density at radius 2 is 1.69 bits per heavy atom. The molecular formula is C30H51NO4. The van der Waals surface area contributed by atoms with Gasteiger partial charge in [-0.25, -0.2) is 4.79 Å². The summed E-state index contributed by atoms with van der Waals surface area (Å²) in [6.45, 7) is 12.3. The van der Waals surface area contributed by atoms with Crippen molar-refractivity contribution in [2.45, 2.75) is 111 Å². The molecule has 0 radical (unpaired) electrons. The van der Waals surface area contributed by atoms with Crippen LogP contribution >= 0.6 is 0 Å². The molecule has 0 bridgehead atoms. The van der Waals surface area contributed by atoms with Crippen molar-refractivity contribution in [2.75, 3.05) is 20.7 Å². The molecule has 200 valence electrons. The first-order valence-electron chi connectivity index (χ1n) is 14.5. The van der Waals surface area contributed by atoms with Crippen LogP contribution in [-0.2, 0) is 4.74 Å². The van der Waals surface area contributed by atoms with E-state index in [4.69, 9.17) is 4.74 Å². The molecule has 5 fully saturated rings. The minimum Gasteiger partial charge on any atom is -0.449 e. The number of carbonyl (C=O) groups excluding carboxylic acids is 1. The molecule has 10 atom stereocenters. The Labute approximate surface area is 213 Å². The van der Waals surface area contributed by atoms with Crippen molar-refractivity contribution in [1.82, 2.24) is 4.90 Å². The van der Waals surface area contributed by atoms with Crippen molar-refractivity contribution in [1.29, 1.82) is 0 Å². The van der Waals surface area contributed by atoms with Crippen LogP contribution in [0.5, 0.6) is 0 Å². The number of unbranched alkanes of at least 4 members (excludes halogenated alkanes) is 1. The van der Waals surface area contributed by atoms with Gasteiger partial charge in [0.2, 0.25) is 0 Å². The molecule has 3 unspecified atom stereocenters. The van der Waals surface area contributed by atoms with E-state index in [9.17, 15) is 15.0 Å². The Balaban J connectivity index is 1.32. The molecule has 1 amide bonds. The second-order valence-corrected chi connectivity index (χ2v) is 14.6. The van der Waals surface area contributed by atoms with E-state index in [1.165, 1.54) is 37.0 Å². The average molecular weight is 490 g/mol. The predicted molar refractivity (Wildman–Crippen MR) is 138 cm³/mol. The fourth-order valence-corrected chi connectivity index (χ4v) is 11.5. The van der Waals surface area contributed by atoms with E-state index < -0.39 is 5.60 Å². The van der Waals surface area contributed by atoms with Crippen LogP contribution in [0.2, 0.25) is 0 Å². The summed E-state index contributed by atoms with van der Waals surface area (Å²) in [6, 6.07) is 0. The van der Waals surface area contributed by atoms with E-state index in [0.717, 1.165) is 43.9 Å².